The Bertz CT molecular complexity index is 1230. The standard InChI is InChI=1S/C24H29N5O3/c1-15-13-17(5-6-18(15)23(31)28-11-8-24(2,32)9-12-28)26-21-20-19(7-10-25-22(20)30)29(27-21)14-16-3-4-16/h5-7,10,13,16,32H,3-4,8-9,11-12,14H2,1-2H3,(H,25,30)(H,26,27). The summed E-state index contributed by atoms with van der Waals surface area (Å²) in [5.41, 5.74) is 2.25. The van der Waals surface area contributed by atoms with Gasteiger partial charge in [0.25, 0.3) is 11.5 Å². The van der Waals surface area contributed by atoms with E-state index in [1.54, 1.807) is 11.1 Å². The molecule has 8 nitrogen and oxygen atoms in total. The van der Waals surface area contributed by atoms with Crippen molar-refractivity contribution in [1.29, 1.82) is 0 Å². The summed E-state index contributed by atoms with van der Waals surface area (Å²) in [4.78, 5) is 30.1. The van der Waals surface area contributed by atoms with Crippen molar-refractivity contribution in [3.05, 3.63) is 51.9 Å². The zero-order valence-electron chi connectivity index (χ0n) is 18.5. The minimum Gasteiger partial charge on any atom is -0.390 e. The van der Waals surface area contributed by atoms with Crippen LogP contribution < -0.4 is 10.9 Å². The Hall–Kier alpha value is -3.13. The van der Waals surface area contributed by atoms with Crippen molar-refractivity contribution in [1.82, 2.24) is 19.7 Å². The highest BCUT2D eigenvalue weighted by molar-refractivity contribution is 5.96. The topological polar surface area (TPSA) is 103 Å². The van der Waals surface area contributed by atoms with E-state index in [0.29, 0.717) is 48.6 Å². The summed E-state index contributed by atoms with van der Waals surface area (Å²) in [6, 6.07) is 7.47. The molecule has 32 heavy (non-hydrogen) atoms. The molecule has 1 saturated heterocycles. The zero-order valence-corrected chi connectivity index (χ0v) is 18.5. The molecule has 0 spiro atoms. The van der Waals surface area contributed by atoms with E-state index < -0.39 is 5.60 Å². The minimum atomic E-state index is -0.691. The second kappa shape index (κ2) is 7.78. The van der Waals surface area contributed by atoms with E-state index in [-0.39, 0.29) is 11.5 Å². The molecule has 3 N–H and O–H groups in total. The number of carbonyl (C=O) groups is 1. The number of pyridine rings is 1. The van der Waals surface area contributed by atoms with E-state index in [0.717, 1.165) is 23.3 Å². The lowest BCUT2D eigenvalue weighted by Gasteiger charge is -2.36. The fraction of sp³-hybridized carbons (Fsp3) is 0.458. The predicted molar refractivity (Wildman–Crippen MR) is 123 cm³/mol. The van der Waals surface area contributed by atoms with Crippen LogP contribution in [0.4, 0.5) is 11.5 Å². The number of carbonyl (C=O) groups excluding carboxylic acids is 1. The van der Waals surface area contributed by atoms with Crippen LogP contribution in [0.25, 0.3) is 10.9 Å². The number of piperidine rings is 1. The van der Waals surface area contributed by atoms with Gasteiger partial charge in [-0.25, -0.2) is 0 Å². The Morgan fingerprint density at radius 3 is 2.72 bits per heavy atom. The number of nitrogens with one attached hydrogen (secondary N) is 2. The molecule has 0 unspecified atom stereocenters. The average Bonchev–Trinajstić information content (AvgIpc) is 3.49. The third kappa shape index (κ3) is 4.02. The first-order valence-corrected chi connectivity index (χ1v) is 11.3. The number of amides is 1. The van der Waals surface area contributed by atoms with E-state index >= 15 is 0 Å². The maximum atomic E-state index is 13.0. The number of nitrogens with zero attached hydrogens (tertiary/aromatic N) is 3. The maximum absolute atomic E-state index is 13.0. The summed E-state index contributed by atoms with van der Waals surface area (Å²) in [5, 5.41) is 18.7. The predicted octanol–water partition coefficient (Wildman–Crippen LogP) is 3.17. The highest BCUT2D eigenvalue weighted by Gasteiger charge is 2.30. The van der Waals surface area contributed by atoms with E-state index in [1.165, 1.54) is 12.8 Å². The second-order valence-corrected chi connectivity index (χ2v) is 9.48. The number of likely N-dealkylation sites (tertiary alicyclic amines) is 1. The second-order valence-electron chi connectivity index (χ2n) is 9.48. The number of fused-ring (bicyclic) bond motifs is 1. The summed E-state index contributed by atoms with van der Waals surface area (Å²) in [5.74, 6) is 1.15. The number of hydrogen-bond acceptors (Lipinski definition) is 5. The SMILES string of the molecule is Cc1cc(Nc2nn(CC3CC3)c3cc[nH]c(=O)c23)ccc1C(=O)N1CCC(C)(O)CC1. The summed E-state index contributed by atoms with van der Waals surface area (Å²) >= 11 is 0. The van der Waals surface area contributed by atoms with Crippen LogP contribution in [0, 0.1) is 12.8 Å². The summed E-state index contributed by atoms with van der Waals surface area (Å²) < 4.78 is 1.92. The van der Waals surface area contributed by atoms with Crippen molar-refractivity contribution in [3.8, 4) is 0 Å². The van der Waals surface area contributed by atoms with Crippen LogP contribution in [0.3, 0.4) is 0 Å². The summed E-state index contributed by atoms with van der Waals surface area (Å²) in [7, 11) is 0. The number of hydrogen-bond donors (Lipinski definition) is 3. The summed E-state index contributed by atoms with van der Waals surface area (Å²) in [6.45, 7) is 5.66. The van der Waals surface area contributed by atoms with Crippen LogP contribution in [0.2, 0.25) is 0 Å². The Morgan fingerprint density at radius 2 is 2.03 bits per heavy atom. The number of aliphatic hydroxyl groups is 1. The average molecular weight is 436 g/mol. The lowest BCUT2D eigenvalue weighted by Crippen LogP contribution is -2.45. The van der Waals surface area contributed by atoms with Crippen molar-refractivity contribution in [2.24, 2.45) is 5.92 Å². The van der Waals surface area contributed by atoms with Gasteiger partial charge in [0.2, 0.25) is 0 Å². The van der Waals surface area contributed by atoms with Crippen molar-refractivity contribution in [2.75, 3.05) is 18.4 Å². The maximum Gasteiger partial charge on any atom is 0.261 e. The first-order chi connectivity index (χ1) is 15.3. The fourth-order valence-electron chi connectivity index (χ4n) is 4.39. The number of aryl methyl sites for hydroxylation is 1. The zero-order chi connectivity index (χ0) is 22.5. The number of anilines is 2. The molecule has 3 heterocycles. The third-order valence-corrected chi connectivity index (χ3v) is 6.65. The molecule has 0 atom stereocenters. The number of aromatic amines is 1. The Balaban J connectivity index is 1.39. The molecule has 168 valence electrons. The normalized spacial score (nSPS) is 18.2. The van der Waals surface area contributed by atoms with Gasteiger partial charge in [0.15, 0.2) is 5.82 Å². The van der Waals surface area contributed by atoms with Crippen molar-refractivity contribution in [2.45, 2.75) is 51.7 Å². The van der Waals surface area contributed by atoms with Gasteiger partial charge in [-0.3, -0.25) is 14.3 Å². The van der Waals surface area contributed by atoms with E-state index in [4.69, 9.17) is 0 Å². The van der Waals surface area contributed by atoms with Crippen LogP contribution in [-0.4, -0.2) is 49.4 Å². The number of aromatic nitrogens is 3. The van der Waals surface area contributed by atoms with Crippen molar-refractivity contribution >= 4 is 28.3 Å². The quantitative estimate of drug-likeness (QED) is 0.571. The first kappa shape index (κ1) is 20.8. The summed E-state index contributed by atoms with van der Waals surface area (Å²) in [6.07, 6.45) is 5.24. The van der Waals surface area contributed by atoms with Gasteiger partial charge in [-0.05, 0) is 75.3 Å². The van der Waals surface area contributed by atoms with Gasteiger partial charge >= 0.3 is 0 Å². The van der Waals surface area contributed by atoms with E-state index in [2.05, 4.69) is 15.4 Å². The molecule has 0 radical (unpaired) electrons. The third-order valence-electron chi connectivity index (χ3n) is 6.65. The van der Waals surface area contributed by atoms with Gasteiger partial charge in [0.1, 0.15) is 5.39 Å². The van der Waals surface area contributed by atoms with Crippen LogP contribution >= 0.6 is 0 Å². The Kier molecular flexibility index (Phi) is 5.04. The molecule has 1 saturated carbocycles. The molecule has 1 aliphatic carbocycles. The molecule has 3 aromatic rings. The molecule has 1 aromatic carbocycles. The lowest BCUT2D eigenvalue weighted by molar-refractivity contribution is -0.00204. The largest absolute Gasteiger partial charge is 0.390 e. The number of benzene rings is 1. The van der Waals surface area contributed by atoms with E-state index in [9.17, 15) is 14.7 Å². The van der Waals surface area contributed by atoms with Crippen LogP contribution in [0.15, 0.2) is 35.3 Å². The molecule has 0 bridgehead atoms. The van der Waals surface area contributed by atoms with Gasteiger partial charge in [0, 0.05) is 37.1 Å². The molecule has 2 fully saturated rings. The van der Waals surface area contributed by atoms with Gasteiger partial charge in [-0.1, -0.05) is 0 Å². The number of H-pyrrole nitrogens is 1. The lowest BCUT2D eigenvalue weighted by atomic mass is 9.93. The molecule has 2 aliphatic rings. The first-order valence-electron chi connectivity index (χ1n) is 11.3. The van der Waals surface area contributed by atoms with Crippen LogP contribution in [0.1, 0.15) is 48.5 Å². The molecule has 8 heteroatoms. The molecular formula is C24H29N5O3. The smallest absolute Gasteiger partial charge is 0.261 e. The highest BCUT2D eigenvalue weighted by atomic mass is 16.3. The fourth-order valence-corrected chi connectivity index (χ4v) is 4.39. The molecule has 2 aromatic heterocycles. The van der Waals surface area contributed by atoms with Gasteiger partial charge < -0.3 is 20.3 Å². The molecule has 1 aliphatic heterocycles. The Labute approximate surface area is 186 Å². The van der Waals surface area contributed by atoms with Gasteiger partial charge in [-0.15, -0.1) is 0 Å². The molecular weight excluding hydrogens is 406 g/mol. The Morgan fingerprint density at radius 1 is 1.28 bits per heavy atom. The monoisotopic (exact) mass is 435 g/mol. The van der Waals surface area contributed by atoms with Gasteiger partial charge in [0.05, 0.1) is 11.1 Å². The van der Waals surface area contributed by atoms with Crippen LogP contribution in [-0.2, 0) is 6.54 Å². The van der Waals surface area contributed by atoms with E-state index in [1.807, 2.05) is 42.8 Å². The van der Waals surface area contributed by atoms with Crippen molar-refractivity contribution in [3.63, 3.8) is 0 Å². The number of rotatable bonds is 5. The van der Waals surface area contributed by atoms with Crippen LogP contribution in [0.5, 0.6) is 0 Å². The highest BCUT2D eigenvalue weighted by Crippen LogP contribution is 2.33. The molecule has 1 amide bonds. The van der Waals surface area contributed by atoms with Crippen molar-refractivity contribution < 1.29 is 9.90 Å². The minimum absolute atomic E-state index is 0.0137. The van der Waals surface area contributed by atoms with Gasteiger partial charge in [-0.2, -0.15) is 5.10 Å². The molecule has 5 rings (SSSR count).